The van der Waals surface area contributed by atoms with Gasteiger partial charge in [0.2, 0.25) is 5.91 Å². The predicted octanol–water partition coefficient (Wildman–Crippen LogP) is 2.19. The molecule has 2 aromatic rings. The lowest BCUT2D eigenvalue weighted by Gasteiger charge is -2.22. The fraction of sp³-hybridized carbons (Fsp3) is 0.333. The van der Waals surface area contributed by atoms with Gasteiger partial charge in [-0.25, -0.2) is 9.18 Å². The van der Waals surface area contributed by atoms with E-state index < -0.39 is 35.8 Å². The van der Waals surface area contributed by atoms with Crippen LogP contribution in [0.3, 0.4) is 0 Å². The van der Waals surface area contributed by atoms with Crippen LogP contribution >= 0.6 is 0 Å². The van der Waals surface area contributed by atoms with E-state index in [4.69, 9.17) is 4.74 Å². The summed E-state index contributed by atoms with van der Waals surface area (Å²) in [4.78, 5) is 49.8. The van der Waals surface area contributed by atoms with Crippen molar-refractivity contribution in [1.29, 1.82) is 0 Å². The zero-order chi connectivity index (χ0) is 24.0. The Bertz CT molecular complexity index is 1040. The average Bonchev–Trinajstić information content (AvgIpc) is 3.00. The normalized spacial score (nSPS) is 17.6. The molecule has 33 heavy (non-hydrogen) atoms. The van der Waals surface area contributed by atoms with E-state index in [1.54, 1.807) is 0 Å². The van der Waals surface area contributed by atoms with Gasteiger partial charge >= 0.3 is 12.0 Å². The van der Waals surface area contributed by atoms with Crippen molar-refractivity contribution < 1.29 is 28.3 Å². The molecule has 0 aliphatic carbocycles. The Hall–Kier alpha value is -3.75. The van der Waals surface area contributed by atoms with E-state index >= 15 is 0 Å². The third-order valence-corrected chi connectivity index (χ3v) is 5.43. The van der Waals surface area contributed by atoms with Crippen molar-refractivity contribution in [3.8, 4) is 0 Å². The molecule has 2 aromatic carbocycles. The highest BCUT2D eigenvalue weighted by Gasteiger charge is 2.49. The number of hydrogen-bond donors (Lipinski definition) is 2. The average molecular weight is 455 g/mol. The van der Waals surface area contributed by atoms with Crippen molar-refractivity contribution >= 4 is 23.8 Å². The summed E-state index contributed by atoms with van der Waals surface area (Å²) in [5.74, 6) is -2.06. The van der Waals surface area contributed by atoms with Crippen LogP contribution in [0, 0.1) is 12.7 Å². The zero-order valence-electron chi connectivity index (χ0n) is 18.5. The maximum atomic E-state index is 13.2. The molecule has 2 N–H and O–H groups in total. The van der Waals surface area contributed by atoms with Gasteiger partial charge in [-0.05, 0) is 43.5 Å². The van der Waals surface area contributed by atoms with Gasteiger partial charge in [0.25, 0.3) is 5.91 Å². The fourth-order valence-corrected chi connectivity index (χ4v) is 3.45. The monoisotopic (exact) mass is 455 g/mol. The number of imide groups is 1. The van der Waals surface area contributed by atoms with Crippen LogP contribution in [0.15, 0.2) is 48.5 Å². The SMILES string of the molecule is Cc1ccc(CCC(=O)NCCOC(=O)CN2C(=O)NC(C)(c3ccc(F)cc3)C2=O)cc1. The Morgan fingerprint density at radius 3 is 2.42 bits per heavy atom. The van der Waals surface area contributed by atoms with Crippen molar-refractivity contribution in [2.24, 2.45) is 0 Å². The van der Waals surface area contributed by atoms with E-state index in [0.29, 0.717) is 18.4 Å². The molecule has 0 bridgehead atoms. The molecule has 0 aromatic heterocycles. The molecule has 8 nitrogen and oxygen atoms in total. The highest BCUT2D eigenvalue weighted by atomic mass is 19.1. The molecule has 3 rings (SSSR count). The number of nitrogens with one attached hydrogen (secondary N) is 2. The topological polar surface area (TPSA) is 105 Å². The number of nitrogens with zero attached hydrogens (tertiary/aromatic N) is 1. The number of carbonyl (C=O) groups is 4. The smallest absolute Gasteiger partial charge is 0.326 e. The summed E-state index contributed by atoms with van der Waals surface area (Å²) in [6.45, 7) is 2.94. The minimum atomic E-state index is -1.41. The van der Waals surface area contributed by atoms with Crippen LogP contribution in [-0.2, 0) is 31.1 Å². The Morgan fingerprint density at radius 1 is 1.09 bits per heavy atom. The minimum Gasteiger partial charge on any atom is -0.462 e. The van der Waals surface area contributed by atoms with Crippen LogP contribution < -0.4 is 10.6 Å². The molecule has 1 aliphatic heterocycles. The molecule has 9 heteroatoms. The fourth-order valence-electron chi connectivity index (χ4n) is 3.45. The van der Waals surface area contributed by atoms with Gasteiger partial charge in [0.1, 0.15) is 24.5 Å². The molecule has 1 unspecified atom stereocenters. The standard InChI is InChI=1S/C24H26FN3O5/c1-16-3-5-17(6-4-16)7-12-20(29)26-13-14-33-21(30)15-28-22(31)24(2,27-23(28)32)18-8-10-19(25)11-9-18/h3-6,8-11H,7,12-15H2,1-2H3,(H,26,29)(H,27,32). The van der Waals surface area contributed by atoms with Crippen LogP contribution in [0.25, 0.3) is 0 Å². The lowest BCUT2D eigenvalue weighted by Crippen LogP contribution is -2.41. The van der Waals surface area contributed by atoms with Gasteiger partial charge in [-0.1, -0.05) is 42.0 Å². The molecule has 1 saturated heterocycles. The van der Waals surface area contributed by atoms with Crippen LogP contribution in [0.5, 0.6) is 0 Å². The van der Waals surface area contributed by atoms with Gasteiger partial charge in [0.15, 0.2) is 0 Å². The molecule has 1 atom stereocenters. The molecule has 4 amide bonds. The maximum Gasteiger partial charge on any atom is 0.326 e. The number of carbonyl (C=O) groups excluding carboxylic acids is 4. The molecular formula is C24H26FN3O5. The van der Waals surface area contributed by atoms with Crippen molar-refractivity contribution in [1.82, 2.24) is 15.5 Å². The summed E-state index contributed by atoms with van der Waals surface area (Å²) < 4.78 is 18.2. The minimum absolute atomic E-state index is 0.0893. The van der Waals surface area contributed by atoms with Crippen LogP contribution in [0.4, 0.5) is 9.18 Å². The van der Waals surface area contributed by atoms with E-state index in [1.165, 1.54) is 31.2 Å². The first-order valence-electron chi connectivity index (χ1n) is 10.6. The van der Waals surface area contributed by atoms with E-state index in [2.05, 4.69) is 10.6 Å². The first-order chi connectivity index (χ1) is 15.7. The van der Waals surface area contributed by atoms with Crippen LogP contribution in [-0.4, -0.2) is 48.4 Å². The van der Waals surface area contributed by atoms with Gasteiger partial charge in [-0.2, -0.15) is 0 Å². The van der Waals surface area contributed by atoms with Gasteiger partial charge in [0.05, 0.1) is 6.54 Å². The summed E-state index contributed by atoms with van der Waals surface area (Å²) in [6, 6.07) is 12.3. The Kier molecular flexibility index (Phi) is 7.42. The highest BCUT2D eigenvalue weighted by Crippen LogP contribution is 2.28. The summed E-state index contributed by atoms with van der Waals surface area (Å²) in [7, 11) is 0. The van der Waals surface area contributed by atoms with Crippen molar-refractivity contribution in [3.05, 3.63) is 71.0 Å². The lowest BCUT2D eigenvalue weighted by atomic mass is 9.92. The number of halogens is 1. The van der Waals surface area contributed by atoms with Crippen molar-refractivity contribution in [2.45, 2.75) is 32.2 Å². The number of ether oxygens (including phenoxy) is 1. The predicted molar refractivity (Wildman–Crippen MR) is 117 cm³/mol. The first kappa shape index (κ1) is 23.9. The second kappa shape index (κ2) is 10.2. The Morgan fingerprint density at radius 2 is 1.76 bits per heavy atom. The lowest BCUT2D eigenvalue weighted by molar-refractivity contribution is -0.147. The van der Waals surface area contributed by atoms with Crippen molar-refractivity contribution in [2.75, 3.05) is 19.7 Å². The van der Waals surface area contributed by atoms with Gasteiger partial charge in [-0.15, -0.1) is 0 Å². The quantitative estimate of drug-likeness (QED) is 0.343. The van der Waals surface area contributed by atoms with E-state index in [1.807, 2.05) is 31.2 Å². The molecule has 174 valence electrons. The second-order valence-corrected chi connectivity index (χ2v) is 8.01. The van der Waals surface area contributed by atoms with E-state index in [9.17, 15) is 23.6 Å². The Labute approximate surface area is 191 Å². The number of esters is 1. The number of benzene rings is 2. The number of rotatable bonds is 9. The van der Waals surface area contributed by atoms with Gasteiger partial charge in [-0.3, -0.25) is 19.3 Å². The number of amides is 4. The molecule has 1 fully saturated rings. The zero-order valence-corrected chi connectivity index (χ0v) is 18.5. The van der Waals surface area contributed by atoms with Gasteiger partial charge in [0, 0.05) is 6.42 Å². The third kappa shape index (κ3) is 5.94. The molecular weight excluding hydrogens is 429 g/mol. The molecule has 0 saturated carbocycles. The van der Waals surface area contributed by atoms with E-state index in [-0.39, 0.29) is 19.1 Å². The van der Waals surface area contributed by atoms with Crippen LogP contribution in [0.1, 0.15) is 30.0 Å². The number of aryl methyl sites for hydroxylation is 2. The number of hydrogen-bond acceptors (Lipinski definition) is 5. The number of urea groups is 1. The third-order valence-electron chi connectivity index (χ3n) is 5.43. The molecule has 0 spiro atoms. The molecule has 1 aliphatic rings. The highest BCUT2D eigenvalue weighted by molar-refractivity contribution is 6.08. The maximum absolute atomic E-state index is 13.2. The summed E-state index contributed by atoms with van der Waals surface area (Å²) in [5.41, 5.74) is 1.20. The summed E-state index contributed by atoms with van der Waals surface area (Å²) >= 11 is 0. The van der Waals surface area contributed by atoms with Gasteiger partial charge < -0.3 is 15.4 Å². The molecule has 0 radical (unpaired) electrons. The molecule has 1 heterocycles. The Balaban J connectivity index is 1.41. The summed E-state index contributed by atoms with van der Waals surface area (Å²) in [6.07, 6.45) is 0.909. The first-order valence-corrected chi connectivity index (χ1v) is 10.6. The second-order valence-electron chi connectivity index (χ2n) is 8.01. The largest absolute Gasteiger partial charge is 0.462 e. The van der Waals surface area contributed by atoms with Crippen molar-refractivity contribution in [3.63, 3.8) is 0 Å². The van der Waals surface area contributed by atoms with E-state index in [0.717, 1.165) is 16.0 Å². The van der Waals surface area contributed by atoms with Crippen LogP contribution in [0.2, 0.25) is 0 Å². The summed E-state index contributed by atoms with van der Waals surface area (Å²) in [5, 5.41) is 5.20.